The first kappa shape index (κ1) is 13.3. The summed E-state index contributed by atoms with van der Waals surface area (Å²) in [7, 11) is 0. The summed E-state index contributed by atoms with van der Waals surface area (Å²) in [5.74, 6) is 0.461. The number of rotatable bonds is 2. The minimum absolute atomic E-state index is 0.0137. The van der Waals surface area contributed by atoms with Gasteiger partial charge in [-0.05, 0) is 38.1 Å². The Morgan fingerprint density at radius 1 is 1.20 bits per heavy atom. The van der Waals surface area contributed by atoms with E-state index in [0.29, 0.717) is 0 Å². The Hall–Kier alpha value is -1.74. The van der Waals surface area contributed by atoms with Crippen LogP contribution in [0.2, 0.25) is 5.02 Å². The number of benzene rings is 2. The highest BCUT2D eigenvalue weighted by atomic mass is 35.5. The average molecular weight is 292 g/mol. The first-order valence-electron chi connectivity index (χ1n) is 6.47. The van der Waals surface area contributed by atoms with E-state index in [1.54, 1.807) is 12.1 Å². The number of hydrogen-bond acceptors (Lipinski definition) is 2. The molecule has 0 amide bonds. The van der Waals surface area contributed by atoms with E-state index in [1.807, 2.05) is 38.1 Å². The highest BCUT2D eigenvalue weighted by Gasteiger charge is 2.40. The standard InChI is InChI=1S/C16H15ClFNO/c1-16(2)15(11-5-3-4-6-14(11)20-16)19-10-7-8-13(18)12(17)9-10/h3-9,15,19H,1-2H3. The molecule has 3 rings (SSSR count). The fourth-order valence-corrected chi connectivity index (χ4v) is 2.71. The van der Waals surface area contributed by atoms with Gasteiger partial charge in [-0.25, -0.2) is 4.39 Å². The lowest BCUT2D eigenvalue weighted by molar-refractivity contribution is 0.118. The maximum atomic E-state index is 13.2. The zero-order chi connectivity index (χ0) is 14.3. The molecule has 0 spiro atoms. The van der Waals surface area contributed by atoms with Crippen LogP contribution in [0.5, 0.6) is 5.75 Å². The molecule has 0 aromatic heterocycles. The number of nitrogens with one attached hydrogen (secondary N) is 1. The molecule has 0 aliphatic carbocycles. The van der Waals surface area contributed by atoms with Crippen molar-refractivity contribution in [1.82, 2.24) is 0 Å². The van der Waals surface area contributed by atoms with Crippen molar-refractivity contribution in [3.8, 4) is 5.75 Å². The van der Waals surface area contributed by atoms with E-state index >= 15 is 0 Å². The summed E-state index contributed by atoms with van der Waals surface area (Å²) < 4.78 is 19.2. The van der Waals surface area contributed by atoms with Gasteiger partial charge in [-0.3, -0.25) is 0 Å². The molecule has 0 radical (unpaired) electrons. The van der Waals surface area contributed by atoms with Crippen molar-refractivity contribution in [2.24, 2.45) is 0 Å². The lowest BCUT2D eigenvalue weighted by Crippen LogP contribution is -2.34. The summed E-state index contributed by atoms with van der Waals surface area (Å²) in [6.07, 6.45) is 0. The van der Waals surface area contributed by atoms with Crippen LogP contribution in [-0.4, -0.2) is 5.60 Å². The smallest absolute Gasteiger partial charge is 0.141 e. The van der Waals surface area contributed by atoms with Crippen LogP contribution in [0.1, 0.15) is 25.5 Å². The van der Waals surface area contributed by atoms with Crippen molar-refractivity contribution in [1.29, 1.82) is 0 Å². The minimum atomic E-state index is -0.417. The van der Waals surface area contributed by atoms with Gasteiger partial charge in [0, 0.05) is 11.3 Å². The second-order valence-electron chi connectivity index (χ2n) is 5.45. The van der Waals surface area contributed by atoms with Crippen molar-refractivity contribution in [2.75, 3.05) is 5.32 Å². The summed E-state index contributed by atoms with van der Waals surface area (Å²) in [5.41, 5.74) is 1.48. The van der Waals surface area contributed by atoms with Crippen LogP contribution < -0.4 is 10.1 Å². The van der Waals surface area contributed by atoms with E-state index in [9.17, 15) is 4.39 Å². The van der Waals surface area contributed by atoms with Gasteiger partial charge in [-0.15, -0.1) is 0 Å². The fraction of sp³-hybridized carbons (Fsp3) is 0.250. The Morgan fingerprint density at radius 3 is 2.70 bits per heavy atom. The zero-order valence-electron chi connectivity index (χ0n) is 11.3. The summed E-state index contributed by atoms with van der Waals surface area (Å²) in [4.78, 5) is 0. The van der Waals surface area contributed by atoms with Crippen molar-refractivity contribution in [2.45, 2.75) is 25.5 Å². The highest BCUT2D eigenvalue weighted by molar-refractivity contribution is 6.31. The molecule has 0 saturated carbocycles. The molecule has 0 fully saturated rings. The third kappa shape index (κ3) is 2.22. The van der Waals surface area contributed by atoms with Gasteiger partial charge in [0.05, 0.1) is 11.1 Å². The van der Waals surface area contributed by atoms with E-state index in [2.05, 4.69) is 5.32 Å². The first-order valence-corrected chi connectivity index (χ1v) is 6.85. The maximum Gasteiger partial charge on any atom is 0.141 e. The van der Waals surface area contributed by atoms with Crippen molar-refractivity contribution in [3.05, 3.63) is 58.9 Å². The number of para-hydroxylation sites is 1. The molecule has 0 bridgehead atoms. The van der Waals surface area contributed by atoms with Crippen LogP contribution >= 0.6 is 11.6 Å². The average Bonchev–Trinajstić information content (AvgIpc) is 2.65. The molecule has 1 unspecified atom stereocenters. The minimum Gasteiger partial charge on any atom is -0.485 e. The van der Waals surface area contributed by atoms with E-state index in [-0.39, 0.29) is 16.7 Å². The van der Waals surface area contributed by atoms with Crippen molar-refractivity contribution < 1.29 is 9.13 Å². The Bertz CT molecular complexity index is 657. The maximum absolute atomic E-state index is 13.2. The Kier molecular flexibility index (Phi) is 3.09. The highest BCUT2D eigenvalue weighted by Crippen LogP contribution is 2.44. The molecule has 0 saturated heterocycles. The Balaban J connectivity index is 1.94. The molecular weight excluding hydrogens is 277 g/mol. The Morgan fingerprint density at radius 2 is 1.95 bits per heavy atom. The SMILES string of the molecule is CC1(C)Oc2ccccc2C1Nc1ccc(F)c(Cl)c1. The van der Waals surface area contributed by atoms with Crippen LogP contribution in [0.15, 0.2) is 42.5 Å². The van der Waals surface area contributed by atoms with Crippen molar-refractivity contribution >= 4 is 17.3 Å². The third-order valence-corrected chi connectivity index (χ3v) is 3.82. The molecule has 104 valence electrons. The lowest BCUT2D eigenvalue weighted by Gasteiger charge is -2.28. The molecular formula is C16H15ClFNO. The second kappa shape index (κ2) is 4.67. The van der Waals surface area contributed by atoms with Gasteiger partial charge in [-0.1, -0.05) is 29.8 Å². The molecule has 1 heterocycles. The molecule has 2 aromatic carbocycles. The molecule has 4 heteroatoms. The van der Waals surface area contributed by atoms with Crippen LogP contribution in [0.4, 0.5) is 10.1 Å². The molecule has 1 aliphatic rings. The summed E-state index contributed by atoms with van der Waals surface area (Å²) >= 11 is 5.82. The lowest BCUT2D eigenvalue weighted by atomic mass is 9.94. The van der Waals surface area contributed by atoms with E-state index < -0.39 is 5.82 Å². The van der Waals surface area contributed by atoms with Gasteiger partial charge in [0.2, 0.25) is 0 Å². The summed E-state index contributed by atoms with van der Waals surface area (Å²) in [6.45, 7) is 4.05. The largest absolute Gasteiger partial charge is 0.485 e. The number of halogens is 2. The van der Waals surface area contributed by atoms with Gasteiger partial charge >= 0.3 is 0 Å². The molecule has 1 N–H and O–H groups in total. The molecule has 20 heavy (non-hydrogen) atoms. The van der Waals surface area contributed by atoms with Gasteiger partial charge in [-0.2, -0.15) is 0 Å². The summed E-state index contributed by atoms with van der Waals surface area (Å²) in [6, 6.07) is 12.5. The van der Waals surface area contributed by atoms with Crippen LogP contribution in [-0.2, 0) is 0 Å². The number of fused-ring (bicyclic) bond motifs is 1. The number of hydrogen-bond donors (Lipinski definition) is 1. The van der Waals surface area contributed by atoms with Gasteiger partial charge in [0.1, 0.15) is 17.2 Å². The fourth-order valence-electron chi connectivity index (χ4n) is 2.53. The number of ether oxygens (including phenoxy) is 1. The normalized spacial score (nSPS) is 19.3. The van der Waals surface area contributed by atoms with Gasteiger partial charge in [0.25, 0.3) is 0 Å². The van der Waals surface area contributed by atoms with Crippen LogP contribution in [0.25, 0.3) is 0 Å². The van der Waals surface area contributed by atoms with Crippen molar-refractivity contribution in [3.63, 3.8) is 0 Å². The van der Waals surface area contributed by atoms with E-state index in [1.165, 1.54) is 6.07 Å². The first-order chi connectivity index (χ1) is 9.47. The zero-order valence-corrected chi connectivity index (χ0v) is 12.0. The van der Waals surface area contributed by atoms with Crippen LogP contribution in [0, 0.1) is 5.82 Å². The molecule has 2 aromatic rings. The predicted octanol–water partition coefficient (Wildman–Crippen LogP) is 4.80. The second-order valence-corrected chi connectivity index (χ2v) is 5.86. The summed E-state index contributed by atoms with van der Waals surface area (Å²) in [5, 5.41) is 3.49. The van der Waals surface area contributed by atoms with E-state index in [0.717, 1.165) is 17.0 Å². The molecule has 1 atom stereocenters. The molecule has 1 aliphatic heterocycles. The van der Waals surface area contributed by atoms with E-state index in [4.69, 9.17) is 16.3 Å². The predicted molar refractivity (Wildman–Crippen MR) is 78.9 cm³/mol. The van der Waals surface area contributed by atoms with Gasteiger partial charge < -0.3 is 10.1 Å². The van der Waals surface area contributed by atoms with Crippen LogP contribution in [0.3, 0.4) is 0 Å². The quantitative estimate of drug-likeness (QED) is 0.858. The monoisotopic (exact) mass is 291 g/mol. The molecule has 2 nitrogen and oxygen atoms in total. The van der Waals surface area contributed by atoms with Gasteiger partial charge in [0.15, 0.2) is 0 Å². The topological polar surface area (TPSA) is 21.3 Å². The number of anilines is 1. The third-order valence-electron chi connectivity index (χ3n) is 3.53. The Labute approximate surface area is 122 Å².